The van der Waals surface area contributed by atoms with Crippen LogP contribution in [0, 0.1) is 0 Å². The Kier molecular flexibility index (Phi) is 115. The molecule has 0 aliphatic rings. The summed E-state index contributed by atoms with van der Waals surface area (Å²) in [5, 5.41) is 41.4. The van der Waals surface area contributed by atoms with Gasteiger partial charge in [-0.25, -0.2) is 0 Å². The number of carboxylic acids is 4. The van der Waals surface area contributed by atoms with Crippen molar-refractivity contribution in [3.05, 3.63) is 0 Å². The number of ether oxygens (including phenoxy) is 12. The molecule has 0 aromatic heterocycles. The van der Waals surface area contributed by atoms with E-state index >= 15 is 0 Å². The average molecular weight is 1880 g/mol. The molecule has 0 unspecified atom stereocenters. The number of hydrogen-bond donors (Lipinski definition) is 0. The van der Waals surface area contributed by atoms with Gasteiger partial charge in [-0.15, -0.1) is 0 Å². The zero-order valence-corrected chi connectivity index (χ0v) is 88.5. The molecule has 0 spiro atoms. The zero-order valence-electron chi connectivity index (χ0n) is 86.9. The Morgan fingerprint density at radius 1 is 0.147 bits per heavy atom. The molecule has 0 aromatic rings. The molecule has 0 aliphatic heterocycles. The fourth-order valence-corrected chi connectivity index (χ4v) is 15.4. The van der Waals surface area contributed by atoms with E-state index in [0.29, 0.717) is 79.3 Å². The summed E-state index contributed by atoms with van der Waals surface area (Å²) in [7, 11) is 0. The molecular formula is C108H212O20Ti. The summed E-state index contributed by atoms with van der Waals surface area (Å²) in [6.45, 7) is 33.5. The van der Waals surface area contributed by atoms with Crippen LogP contribution in [0.5, 0.6) is 0 Å². The molecule has 768 valence electrons. The number of rotatable bonds is 104. The molecule has 0 rings (SSSR count). The van der Waals surface area contributed by atoms with Crippen molar-refractivity contribution in [1.29, 1.82) is 0 Å². The normalized spacial score (nSPS) is 11.8. The summed E-state index contributed by atoms with van der Waals surface area (Å²) in [5.74, 6) is -7.01. The van der Waals surface area contributed by atoms with E-state index in [1.54, 1.807) is 0 Å². The van der Waals surface area contributed by atoms with Crippen molar-refractivity contribution in [3.8, 4) is 0 Å². The third-order valence-corrected chi connectivity index (χ3v) is 22.8. The number of carbonyl (C=O) groups excluding carboxylic acids is 4. The van der Waals surface area contributed by atoms with Crippen molar-refractivity contribution in [3.63, 3.8) is 0 Å². The average Bonchev–Trinajstić information content (AvgIpc) is 0.890. The van der Waals surface area contributed by atoms with Gasteiger partial charge in [-0.2, -0.15) is 0 Å². The fourth-order valence-electron chi connectivity index (χ4n) is 15.4. The number of aliphatic carboxylic acids is 4. The minimum absolute atomic E-state index is 0. The first kappa shape index (κ1) is 136. The van der Waals surface area contributed by atoms with Crippen molar-refractivity contribution >= 4 is 23.9 Å². The number of carboxylic acid groups (broad SMARTS) is 4. The molecule has 0 saturated heterocycles. The van der Waals surface area contributed by atoms with Crippen LogP contribution >= 0.6 is 0 Å². The van der Waals surface area contributed by atoms with Crippen molar-refractivity contribution in [2.45, 2.75) is 595 Å². The van der Waals surface area contributed by atoms with Gasteiger partial charge in [0, 0.05) is 49.6 Å². The molecule has 0 aliphatic carbocycles. The summed E-state index contributed by atoms with van der Waals surface area (Å²) >= 11 is 0. The first-order chi connectivity index (χ1) is 62.4. The van der Waals surface area contributed by atoms with E-state index in [-0.39, 0.29) is 47.4 Å². The molecule has 0 aromatic carbocycles. The number of hydrogen-bond acceptors (Lipinski definition) is 20. The third kappa shape index (κ3) is 102. The standard InChI is InChI=1S/4C27H54O5.Ti/c4*1-4-23-30-27(31-24-5-2,32-25-6-3)22-20-18-16-14-12-10-8-7-9-11-13-15-17-19-21-26(28)29;/h4*4-25H2,1-3H3,(H,28,29);/q;;;;+4/p-4. The van der Waals surface area contributed by atoms with Gasteiger partial charge in [0.2, 0.25) is 0 Å². The predicted molar refractivity (Wildman–Crippen MR) is 521 cm³/mol. The van der Waals surface area contributed by atoms with Gasteiger partial charge >= 0.3 is 21.7 Å². The predicted octanol–water partition coefficient (Wildman–Crippen LogP) is 27.6. The Hall–Kier alpha value is -1.89. The van der Waals surface area contributed by atoms with Crippen LogP contribution in [0.3, 0.4) is 0 Å². The van der Waals surface area contributed by atoms with Gasteiger partial charge in [0.05, 0.1) is 79.3 Å². The van der Waals surface area contributed by atoms with E-state index in [9.17, 15) is 39.6 Å². The van der Waals surface area contributed by atoms with Gasteiger partial charge in [0.1, 0.15) is 0 Å². The van der Waals surface area contributed by atoms with Crippen LogP contribution in [0.1, 0.15) is 571 Å². The minimum Gasteiger partial charge on any atom is -0.550 e. The topological polar surface area (TPSA) is 271 Å². The Morgan fingerprint density at radius 2 is 0.225 bits per heavy atom. The number of carbonyl (C=O) groups is 4. The Balaban J connectivity index is -0.000000528. The summed E-state index contributed by atoms with van der Waals surface area (Å²) < 4.78 is 72.5. The molecule has 0 N–H and O–H groups in total. The SMILES string of the molecule is CCCOC(CCCCCCCCCCCCCCCCC(=O)[O-])(OCCC)OCCC.CCCOC(CCCCCCCCCCCCCCCCC(=O)[O-])(OCCC)OCCC.CCCOC(CCCCCCCCCCCCCCCCC(=O)[O-])(OCCC)OCCC.CCCOC(CCCCCCCCCCCCCCCCC(=O)[O-])(OCCC)OCCC.[Ti+4]. The summed E-state index contributed by atoms with van der Waals surface area (Å²) in [5.41, 5.74) is 0. The van der Waals surface area contributed by atoms with Crippen LogP contribution < -0.4 is 20.4 Å². The van der Waals surface area contributed by atoms with Gasteiger partial charge in [-0.05, 0) is 154 Å². The van der Waals surface area contributed by atoms with Crippen LogP contribution in [-0.4, -0.2) is 127 Å². The third-order valence-electron chi connectivity index (χ3n) is 22.8. The summed E-state index contributed by atoms with van der Waals surface area (Å²) in [4.78, 5) is 41.4. The maximum absolute atomic E-state index is 10.4. The molecule has 0 heterocycles. The van der Waals surface area contributed by atoms with Crippen LogP contribution in [0.4, 0.5) is 0 Å². The van der Waals surface area contributed by atoms with Gasteiger partial charge < -0.3 is 96.4 Å². The minimum atomic E-state index is -0.916. The molecule has 0 bridgehead atoms. The Labute approximate surface area is 811 Å². The van der Waals surface area contributed by atoms with Crippen molar-refractivity contribution < 1.29 is 118 Å². The molecule has 0 radical (unpaired) electrons. The molecule has 0 fully saturated rings. The largest absolute Gasteiger partial charge is 4.00 e. The first-order valence-corrected chi connectivity index (χ1v) is 54.9. The molecule has 0 saturated carbocycles. The van der Waals surface area contributed by atoms with Gasteiger partial charge in [-0.3, -0.25) is 0 Å². The van der Waals surface area contributed by atoms with Gasteiger partial charge in [-0.1, -0.05) is 391 Å². The Morgan fingerprint density at radius 3 is 0.302 bits per heavy atom. The van der Waals surface area contributed by atoms with Crippen LogP contribution in [0.25, 0.3) is 0 Å². The van der Waals surface area contributed by atoms with Crippen molar-refractivity contribution in [1.82, 2.24) is 0 Å². The smallest absolute Gasteiger partial charge is 0.550 e. The zero-order chi connectivity index (χ0) is 95.0. The van der Waals surface area contributed by atoms with E-state index in [1.165, 1.54) is 257 Å². The van der Waals surface area contributed by atoms with E-state index in [0.717, 1.165) is 205 Å². The van der Waals surface area contributed by atoms with E-state index in [2.05, 4.69) is 83.1 Å². The van der Waals surface area contributed by atoms with Crippen LogP contribution in [0.2, 0.25) is 0 Å². The second-order valence-electron chi connectivity index (χ2n) is 36.2. The van der Waals surface area contributed by atoms with E-state index in [1.807, 2.05) is 0 Å². The van der Waals surface area contributed by atoms with Crippen LogP contribution in [0.15, 0.2) is 0 Å². The van der Waals surface area contributed by atoms with E-state index in [4.69, 9.17) is 56.8 Å². The quantitative estimate of drug-likeness (QED) is 0.0311. The molecule has 0 amide bonds. The molecule has 21 heteroatoms. The van der Waals surface area contributed by atoms with Crippen molar-refractivity contribution in [2.75, 3.05) is 79.3 Å². The summed E-state index contributed by atoms with van der Waals surface area (Å²) in [6.07, 6.45) is 83.8. The molecule has 20 nitrogen and oxygen atoms in total. The second-order valence-corrected chi connectivity index (χ2v) is 36.2. The Bertz CT molecular complexity index is 1820. The monoisotopic (exact) mass is 1880 g/mol. The number of unbranched alkanes of at least 4 members (excludes halogenated alkanes) is 52. The maximum atomic E-state index is 10.4. The molecular weight excluding hydrogens is 1670 g/mol. The fraction of sp³-hybridized carbons (Fsp3) is 0.963. The van der Waals surface area contributed by atoms with Crippen LogP contribution in [-0.2, 0) is 97.7 Å². The van der Waals surface area contributed by atoms with Gasteiger partial charge in [0.25, 0.3) is 23.9 Å². The first-order valence-electron chi connectivity index (χ1n) is 54.9. The molecule has 129 heavy (non-hydrogen) atoms. The van der Waals surface area contributed by atoms with E-state index < -0.39 is 47.8 Å². The second kappa shape index (κ2) is 110. The maximum Gasteiger partial charge on any atom is 4.00 e. The molecule has 0 atom stereocenters. The van der Waals surface area contributed by atoms with Gasteiger partial charge in [0.15, 0.2) is 0 Å². The van der Waals surface area contributed by atoms with Crippen molar-refractivity contribution in [2.24, 2.45) is 0 Å². The summed E-state index contributed by atoms with van der Waals surface area (Å²) in [6, 6.07) is 0.